The normalized spacial score (nSPS) is 15.4. The molecule has 3 nitrogen and oxygen atoms in total. The summed E-state index contributed by atoms with van der Waals surface area (Å²) in [7, 11) is 0. The van der Waals surface area contributed by atoms with Gasteiger partial charge in [-0.15, -0.1) is 6.42 Å². The molecule has 2 amide bonds. The molecule has 1 fully saturated rings. The Labute approximate surface area is 110 Å². The minimum Gasteiger partial charge on any atom is -0.331 e. The zero-order valence-electron chi connectivity index (χ0n) is 10.2. The van der Waals surface area contributed by atoms with Gasteiger partial charge in [0.1, 0.15) is 11.6 Å². The van der Waals surface area contributed by atoms with Crippen LogP contribution in [0.4, 0.5) is 13.6 Å². The summed E-state index contributed by atoms with van der Waals surface area (Å²) in [5.41, 5.74) is 0.179. The van der Waals surface area contributed by atoms with Crippen molar-refractivity contribution in [2.75, 3.05) is 6.54 Å². The quantitative estimate of drug-likeness (QED) is 0.805. The molecule has 5 heteroatoms. The van der Waals surface area contributed by atoms with E-state index < -0.39 is 23.7 Å². The summed E-state index contributed by atoms with van der Waals surface area (Å²) in [6.45, 7) is 0.0921. The van der Waals surface area contributed by atoms with E-state index in [2.05, 4.69) is 16.6 Å². The van der Waals surface area contributed by atoms with E-state index in [9.17, 15) is 13.6 Å². The second-order valence-corrected chi connectivity index (χ2v) is 4.51. The maximum absolute atomic E-state index is 13.7. The first-order valence-electron chi connectivity index (χ1n) is 6.04. The summed E-state index contributed by atoms with van der Waals surface area (Å²) in [5.74, 6) is 1.38. The van der Waals surface area contributed by atoms with Crippen LogP contribution in [0.1, 0.15) is 24.4 Å². The molecule has 100 valence electrons. The number of nitrogens with one attached hydrogen (secondary N) is 2. The number of rotatable bonds is 4. The zero-order chi connectivity index (χ0) is 13.8. The first kappa shape index (κ1) is 13.3. The molecule has 1 atom stereocenters. The predicted octanol–water partition coefficient (Wildman–Crippen LogP) is 2.35. The van der Waals surface area contributed by atoms with E-state index in [1.807, 2.05) is 0 Å². The van der Waals surface area contributed by atoms with Gasteiger partial charge in [0.05, 0.1) is 12.6 Å². The van der Waals surface area contributed by atoms with Crippen molar-refractivity contribution in [2.24, 2.45) is 5.92 Å². The summed E-state index contributed by atoms with van der Waals surface area (Å²) < 4.78 is 26.9. The van der Waals surface area contributed by atoms with Gasteiger partial charge in [0.2, 0.25) is 0 Å². The van der Waals surface area contributed by atoms with Gasteiger partial charge >= 0.3 is 6.03 Å². The Morgan fingerprint density at radius 3 is 2.84 bits per heavy atom. The minimum atomic E-state index is -0.520. The lowest BCUT2D eigenvalue weighted by molar-refractivity contribution is 0.236. The highest BCUT2D eigenvalue weighted by Gasteiger charge is 2.35. The van der Waals surface area contributed by atoms with Crippen LogP contribution in [0.2, 0.25) is 0 Å². The Balaban J connectivity index is 2.14. The smallest absolute Gasteiger partial charge is 0.316 e. The predicted molar refractivity (Wildman–Crippen MR) is 67.2 cm³/mol. The highest BCUT2D eigenvalue weighted by molar-refractivity contribution is 5.74. The van der Waals surface area contributed by atoms with Crippen LogP contribution in [0.15, 0.2) is 18.2 Å². The Morgan fingerprint density at radius 1 is 1.47 bits per heavy atom. The van der Waals surface area contributed by atoms with E-state index in [-0.39, 0.29) is 18.0 Å². The molecule has 0 heterocycles. The monoisotopic (exact) mass is 264 g/mol. The largest absolute Gasteiger partial charge is 0.331 e. The van der Waals surface area contributed by atoms with Crippen molar-refractivity contribution < 1.29 is 13.6 Å². The molecular weight excluding hydrogens is 250 g/mol. The molecule has 0 saturated heterocycles. The molecule has 1 saturated carbocycles. The van der Waals surface area contributed by atoms with Crippen LogP contribution in [0.3, 0.4) is 0 Å². The first-order chi connectivity index (χ1) is 9.11. The lowest BCUT2D eigenvalue weighted by Gasteiger charge is -2.19. The number of urea groups is 1. The van der Waals surface area contributed by atoms with E-state index in [0.29, 0.717) is 0 Å². The van der Waals surface area contributed by atoms with E-state index in [4.69, 9.17) is 6.42 Å². The Bertz CT molecular complexity index is 521. The topological polar surface area (TPSA) is 41.1 Å². The van der Waals surface area contributed by atoms with E-state index in [1.54, 1.807) is 0 Å². The van der Waals surface area contributed by atoms with Crippen molar-refractivity contribution in [1.29, 1.82) is 0 Å². The molecule has 19 heavy (non-hydrogen) atoms. The number of amides is 2. The summed E-state index contributed by atoms with van der Waals surface area (Å²) in [4.78, 5) is 11.6. The fourth-order valence-corrected chi connectivity index (χ4v) is 1.96. The van der Waals surface area contributed by atoms with Crippen LogP contribution >= 0.6 is 0 Å². The second kappa shape index (κ2) is 5.70. The third-order valence-corrected chi connectivity index (χ3v) is 3.02. The van der Waals surface area contributed by atoms with Gasteiger partial charge < -0.3 is 10.6 Å². The van der Waals surface area contributed by atoms with Gasteiger partial charge in [-0.3, -0.25) is 0 Å². The Kier molecular flexibility index (Phi) is 4.00. The fourth-order valence-electron chi connectivity index (χ4n) is 1.96. The molecule has 1 aromatic carbocycles. The summed E-state index contributed by atoms with van der Waals surface area (Å²) in [5, 5.41) is 5.09. The zero-order valence-corrected chi connectivity index (χ0v) is 10.2. The number of halogens is 2. The van der Waals surface area contributed by atoms with E-state index in [1.165, 1.54) is 0 Å². The highest BCUT2D eigenvalue weighted by atomic mass is 19.1. The molecule has 1 unspecified atom stereocenters. The molecule has 0 spiro atoms. The number of benzene rings is 1. The standard InChI is InChI=1S/C14H14F2N2O/c1-2-7-17-14(19)18-13(9-3-4-9)11-8-10(15)5-6-12(11)16/h1,5-6,8-9,13H,3-4,7H2,(H2,17,18,19). The van der Waals surface area contributed by atoms with Crippen LogP contribution < -0.4 is 10.6 Å². The van der Waals surface area contributed by atoms with Gasteiger partial charge in [0.15, 0.2) is 0 Å². The molecule has 0 radical (unpaired) electrons. The van der Waals surface area contributed by atoms with Crippen molar-refractivity contribution >= 4 is 6.03 Å². The molecule has 0 aliphatic heterocycles. The van der Waals surface area contributed by atoms with Crippen molar-refractivity contribution in [3.63, 3.8) is 0 Å². The first-order valence-corrected chi connectivity index (χ1v) is 6.04. The Morgan fingerprint density at radius 2 is 2.21 bits per heavy atom. The number of carbonyl (C=O) groups excluding carboxylic acids is 1. The highest BCUT2D eigenvalue weighted by Crippen LogP contribution is 2.41. The molecule has 0 bridgehead atoms. The SMILES string of the molecule is C#CCNC(=O)NC(c1cc(F)ccc1F)C1CC1. The van der Waals surface area contributed by atoms with Crippen LogP contribution in [0, 0.1) is 29.9 Å². The van der Waals surface area contributed by atoms with Crippen LogP contribution in [0.25, 0.3) is 0 Å². The lowest BCUT2D eigenvalue weighted by atomic mass is 10.0. The second-order valence-electron chi connectivity index (χ2n) is 4.51. The molecule has 1 aliphatic carbocycles. The van der Waals surface area contributed by atoms with Gasteiger partial charge in [-0.2, -0.15) is 0 Å². The van der Waals surface area contributed by atoms with Crippen LogP contribution in [-0.2, 0) is 0 Å². The average molecular weight is 264 g/mol. The summed E-state index contributed by atoms with van der Waals surface area (Å²) in [6.07, 6.45) is 6.80. The van der Waals surface area contributed by atoms with Crippen LogP contribution in [-0.4, -0.2) is 12.6 Å². The number of hydrogen-bond donors (Lipinski definition) is 2. The lowest BCUT2D eigenvalue weighted by Crippen LogP contribution is -2.39. The third-order valence-electron chi connectivity index (χ3n) is 3.02. The summed E-state index contributed by atoms with van der Waals surface area (Å²) in [6, 6.07) is 2.26. The van der Waals surface area contributed by atoms with Crippen molar-refractivity contribution in [1.82, 2.24) is 10.6 Å². The Hall–Kier alpha value is -2.09. The molecule has 2 N–H and O–H groups in total. The maximum Gasteiger partial charge on any atom is 0.316 e. The molecule has 0 aromatic heterocycles. The van der Waals surface area contributed by atoms with Crippen molar-refractivity contribution in [3.8, 4) is 12.3 Å². The molecular formula is C14H14F2N2O. The van der Waals surface area contributed by atoms with Crippen LogP contribution in [0.5, 0.6) is 0 Å². The molecule has 1 aromatic rings. The fraction of sp³-hybridized carbons (Fsp3) is 0.357. The number of carbonyl (C=O) groups is 1. The van der Waals surface area contributed by atoms with Gasteiger partial charge in [0.25, 0.3) is 0 Å². The minimum absolute atomic E-state index is 0.0921. The van der Waals surface area contributed by atoms with Gasteiger partial charge in [-0.05, 0) is 37.0 Å². The maximum atomic E-state index is 13.7. The van der Waals surface area contributed by atoms with Gasteiger partial charge in [-0.25, -0.2) is 13.6 Å². The molecule has 1 aliphatic rings. The number of terminal acetylenes is 1. The van der Waals surface area contributed by atoms with E-state index >= 15 is 0 Å². The summed E-state index contributed by atoms with van der Waals surface area (Å²) >= 11 is 0. The third kappa shape index (κ3) is 3.44. The van der Waals surface area contributed by atoms with Crippen molar-refractivity contribution in [3.05, 3.63) is 35.4 Å². The average Bonchev–Trinajstić information content (AvgIpc) is 3.21. The van der Waals surface area contributed by atoms with Crippen molar-refractivity contribution in [2.45, 2.75) is 18.9 Å². The van der Waals surface area contributed by atoms with Gasteiger partial charge in [-0.1, -0.05) is 5.92 Å². The van der Waals surface area contributed by atoms with Gasteiger partial charge in [0, 0.05) is 5.56 Å². The van der Waals surface area contributed by atoms with E-state index in [0.717, 1.165) is 31.0 Å². The number of hydrogen-bond acceptors (Lipinski definition) is 1. The molecule has 2 rings (SSSR count).